The van der Waals surface area contributed by atoms with Crippen molar-refractivity contribution in [3.8, 4) is 0 Å². The van der Waals surface area contributed by atoms with Crippen LogP contribution < -0.4 is 21.9 Å². The maximum Gasteiger partial charge on any atom is 0.306 e. The Bertz CT molecular complexity index is 559. The second-order valence-electron chi connectivity index (χ2n) is 4.51. The topological polar surface area (TPSA) is 139 Å². The number of carbonyl (C=O) groups excluding carboxylic acids is 2. The first-order valence-electron chi connectivity index (χ1n) is 6.18. The number of rotatable bonds is 6. The number of anilines is 1. The quantitative estimate of drug-likeness (QED) is 0.334. The summed E-state index contributed by atoms with van der Waals surface area (Å²) in [6.45, 7) is 3.29. The van der Waals surface area contributed by atoms with Gasteiger partial charge in [-0.15, -0.1) is 0 Å². The Morgan fingerprint density at radius 3 is 2.57 bits per heavy atom. The second kappa shape index (κ2) is 7.20. The molecule has 5 N–H and O–H groups in total. The van der Waals surface area contributed by atoms with Crippen LogP contribution in [0.4, 0.5) is 11.4 Å². The van der Waals surface area contributed by atoms with Gasteiger partial charge >= 0.3 is 5.69 Å². The number of amides is 2. The summed E-state index contributed by atoms with van der Waals surface area (Å²) in [4.78, 5) is 33.7. The van der Waals surface area contributed by atoms with Gasteiger partial charge in [0, 0.05) is 6.04 Å². The number of hydrogen-bond donors (Lipinski definition) is 4. The molecule has 114 valence electrons. The molecule has 1 rings (SSSR count). The molecule has 1 aromatic carbocycles. The molecule has 0 radical (unpaired) electrons. The molecule has 21 heavy (non-hydrogen) atoms. The summed E-state index contributed by atoms with van der Waals surface area (Å²) in [6.07, 6.45) is 0. The molecule has 0 aromatic heterocycles. The zero-order valence-electron chi connectivity index (χ0n) is 11.7. The van der Waals surface area contributed by atoms with E-state index in [1.807, 2.05) is 0 Å². The van der Waals surface area contributed by atoms with E-state index in [0.29, 0.717) is 0 Å². The van der Waals surface area contributed by atoms with Crippen molar-refractivity contribution in [3.63, 3.8) is 0 Å². The number of nitrogens with one attached hydrogen (secondary N) is 3. The van der Waals surface area contributed by atoms with Crippen molar-refractivity contribution in [3.05, 3.63) is 33.9 Å². The summed E-state index contributed by atoms with van der Waals surface area (Å²) < 4.78 is 0. The minimum atomic E-state index is -0.724. The van der Waals surface area contributed by atoms with Gasteiger partial charge in [-0.1, -0.05) is 6.07 Å². The van der Waals surface area contributed by atoms with Gasteiger partial charge in [0.1, 0.15) is 11.3 Å². The Morgan fingerprint density at radius 1 is 1.38 bits per heavy atom. The van der Waals surface area contributed by atoms with Crippen molar-refractivity contribution in [2.24, 2.45) is 5.84 Å². The molecule has 0 aliphatic heterocycles. The van der Waals surface area contributed by atoms with Crippen molar-refractivity contribution < 1.29 is 14.5 Å². The van der Waals surface area contributed by atoms with E-state index < -0.39 is 16.5 Å². The van der Waals surface area contributed by atoms with Crippen LogP contribution in [0, 0.1) is 10.1 Å². The lowest BCUT2D eigenvalue weighted by Crippen LogP contribution is -2.40. The Labute approximate surface area is 121 Å². The number of nitro groups is 1. The molecule has 0 atom stereocenters. The standard InChI is InChI=1S/C12H17N5O4/c1-7(2)15-10(18)6-14-12(19)8-4-3-5-9(16-13)11(8)17(20)21/h3-5,7,16H,6,13H2,1-2H3,(H,14,19)(H,15,18). The second-order valence-corrected chi connectivity index (χ2v) is 4.51. The predicted octanol–water partition coefficient (Wildman–Crippen LogP) is 0.135. The van der Waals surface area contributed by atoms with Gasteiger partial charge in [-0.05, 0) is 26.0 Å². The highest BCUT2D eigenvalue weighted by atomic mass is 16.6. The highest BCUT2D eigenvalue weighted by Gasteiger charge is 2.24. The van der Waals surface area contributed by atoms with E-state index in [1.54, 1.807) is 13.8 Å². The van der Waals surface area contributed by atoms with Gasteiger partial charge in [0.25, 0.3) is 5.91 Å². The van der Waals surface area contributed by atoms with E-state index in [0.717, 1.165) is 0 Å². The predicted molar refractivity (Wildman–Crippen MR) is 76.5 cm³/mol. The Morgan fingerprint density at radius 2 is 2.05 bits per heavy atom. The average Bonchev–Trinajstić information content (AvgIpc) is 2.42. The van der Waals surface area contributed by atoms with Gasteiger partial charge in [0.2, 0.25) is 5.91 Å². The monoisotopic (exact) mass is 295 g/mol. The number of nitrogens with zero attached hydrogens (tertiary/aromatic N) is 1. The lowest BCUT2D eigenvalue weighted by molar-refractivity contribution is -0.384. The summed E-state index contributed by atoms with van der Waals surface area (Å²) in [7, 11) is 0. The first-order valence-corrected chi connectivity index (χ1v) is 6.18. The molecule has 0 aliphatic carbocycles. The third-order valence-electron chi connectivity index (χ3n) is 2.48. The summed E-state index contributed by atoms with van der Waals surface area (Å²) in [5.41, 5.74) is 1.56. The van der Waals surface area contributed by atoms with Gasteiger partial charge in [0.05, 0.1) is 11.5 Å². The van der Waals surface area contributed by atoms with E-state index in [9.17, 15) is 19.7 Å². The van der Waals surface area contributed by atoms with Gasteiger partial charge in [-0.3, -0.25) is 25.5 Å². The Balaban J connectivity index is 2.88. The number of hydrogen-bond acceptors (Lipinski definition) is 6. The molecule has 0 bridgehead atoms. The summed E-state index contributed by atoms with van der Waals surface area (Å²) in [5.74, 6) is 4.08. The molecule has 9 heteroatoms. The van der Waals surface area contributed by atoms with E-state index in [2.05, 4.69) is 16.1 Å². The zero-order chi connectivity index (χ0) is 16.0. The van der Waals surface area contributed by atoms with Crippen LogP contribution in [0.1, 0.15) is 24.2 Å². The summed E-state index contributed by atoms with van der Waals surface area (Å²) in [5, 5.41) is 16.0. The van der Waals surface area contributed by atoms with E-state index in [4.69, 9.17) is 5.84 Å². The first kappa shape index (κ1) is 16.4. The fourth-order valence-electron chi connectivity index (χ4n) is 1.67. The van der Waals surface area contributed by atoms with Crippen LogP contribution in [0.25, 0.3) is 0 Å². The number of nitrogens with two attached hydrogens (primary N) is 1. The number of para-hydroxylation sites is 1. The van der Waals surface area contributed by atoms with Crippen LogP contribution in [-0.4, -0.2) is 29.3 Å². The van der Waals surface area contributed by atoms with Gasteiger partial charge in [-0.25, -0.2) is 0 Å². The SMILES string of the molecule is CC(C)NC(=O)CNC(=O)c1cccc(NN)c1[N+](=O)[O-]. The number of benzene rings is 1. The van der Waals surface area contributed by atoms with Crippen LogP contribution >= 0.6 is 0 Å². The van der Waals surface area contributed by atoms with Gasteiger partial charge in [-0.2, -0.15) is 0 Å². The number of nitro benzene ring substituents is 1. The highest BCUT2D eigenvalue weighted by molar-refractivity contribution is 6.01. The molecule has 0 saturated heterocycles. The van der Waals surface area contributed by atoms with E-state index in [-0.39, 0.29) is 29.7 Å². The Kier molecular flexibility index (Phi) is 5.61. The summed E-state index contributed by atoms with van der Waals surface area (Å²) in [6, 6.07) is 4.05. The maximum atomic E-state index is 12.0. The normalized spacial score (nSPS) is 10.1. The number of hydrazine groups is 1. The van der Waals surface area contributed by atoms with Crippen LogP contribution in [0.15, 0.2) is 18.2 Å². The summed E-state index contributed by atoms with van der Waals surface area (Å²) >= 11 is 0. The van der Waals surface area contributed by atoms with E-state index in [1.165, 1.54) is 18.2 Å². The molecule has 0 unspecified atom stereocenters. The molecule has 2 amide bonds. The van der Waals surface area contributed by atoms with Crippen LogP contribution in [0.2, 0.25) is 0 Å². The number of nitrogen functional groups attached to an aromatic ring is 1. The molecule has 1 aromatic rings. The van der Waals surface area contributed by atoms with Crippen LogP contribution in [0.5, 0.6) is 0 Å². The smallest absolute Gasteiger partial charge is 0.306 e. The first-order chi connectivity index (χ1) is 9.86. The zero-order valence-corrected chi connectivity index (χ0v) is 11.7. The number of carbonyl (C=O) groups is 2. The highest BCUT2D eigenvalue weighted by Crippen LogP contribution is 2.27. The molecular formula is C12H17N5O4. The van der Waals surface area contributed by atoms with Crippen molar-refractivity contribution in [2.45, 2.75) is 19.9 Å². The fraction of sp³-hybridized carbons (Fsp3) is 0.333. The molecule has 0 aliphatic rings. The van der Waals surface area contributed by atoms with E-state index >= 15 is 0 Å². The molecule has 0 saturated carbocycles. The lowest BCUT2D eigenvalue weighted by Gasteiger charge is -2.10. The third kappa shape index (κ3) is 4.42. The molecule has 0 spiro atoms. The minimum Gasteiger partial charge on any atom is -0.352 e. The maximum absolute atomic E-state index is 12.0. The average molecular weight is 295 g/mol. The van der Waals surface area contributed by atoms with Crippen molar-refractivity contribution >= 4 is 23.2 Å². The van der Waals surface area contributed by atoms with Crippen molar-refractivity contribution in [1.29, 1.82) is 0 Å². The molecule has 9 nitrogen and oxygen atoms in total. The third-order valence-corrected chi connectivity index (χ3v) is 2.48. The van der Waals surface area contributed by atoms with Crippen LogP contribution in [-0.2, 0) is 4.79 Å². The Hall–Kier alpha value is -2.68. The fourth-order valence-corrected chi connectivity index (χ4v) is 1.67. The minimum absolute atomic E-state index is 0.0132. The molecule has 0 heterocycles. The van der Waals surface area contributed by atoms with Gasteiger partial charge in [0.15, 0.2) is 0 Å². The molecular weight excluding hydrogens is 278 g/mol. The van der Waals surface area contributed by atoms with Crippen molar-refractivity contribution in [2.75, 3.05) is 12.0 Å². The van der Waals surface area contributed by atoms with Crippen molar-refractivity contribution in [1.82, 2.24) is 10.6 Å². The van der Waals surface area contributed by atoms with Crippen LogP contribution in [0.3, 0.4) is 0 Å². The van der Waals surface area contributed by atoms with Gasteiger partial charge < -0.3 is 16.1 Å². The largest absolute Gasteiger partial charge is 0.352 e. The lowest BCUT2D eigenvalue weighted by atomic mass is 10.1. The molecule has 0 fully saturated rings.